The molecule has 0 saturated heterocycles. The Bertz CT molecular complexity index is 1340. The first-order chi connectivity index (χ1) is 15.0. The van der Waals surface area contributed by atoms with Gasteiger partial charge in [0.2, 0.25) is 5.56 Å². The average molecular weight is 437 g/mol. The Labute approximate surface area is 182 Å². The highest BCUT2D eigenvalue weighted by molar-refractivity contribution is 6.31. The van der Waals surface area contributed by atoms with Gasteiger partial charge in [-0.2, -0.15) is 0 Å². The Morgan fingerprint density at radius 2 is 1.84 bits per heavy atom. The van der Waals surface area contributed by atoms with Gasteiger partial charge in [0.25, 0.3) is 5.91 Å². The minimum Gasteiger partial charge on any atom is -0.496 e. The number of pyridine rings is 1. The molecule has 4 aromatic rings. The first kappa shape index (κ1) is 20.6. The van der Waals surface area contributed by atoms with Crippen LogP contribution in [0.15, 0.2) is 77.6 Å². The van der Waals surface area contributed by atoms with Crippen LogP contribution in [0.4, 0.5) is 10.1 Å². The van der Waals surface area contributed by atoms with Crippen LogP contribution in [0, 0.1) is 5.82 Å². The summed E-state index contributed by atoms with van der Waals surface area (Å²) in [6.07, 6.45) is 0. The molecular weight excluding hydrogens is 419 g/mol. The number of fused-ring (bicyclic) bond motifs is 1. The van der Waals surface area contributed by atoms with Gasteiger partial charge >= 0.3 is 0 Å². The second kappa shape index (κ2) is 8.62. The summed E-state index contributed by atoms with van der Waals surface area (Å²) >= 11 is 6.17. The van der Waals surface area contributed by atoms with E-state index in [2.05, 4.69) is 4.98 Å². The normalized spacial score (nSPS) is 10.8. The molecule has 0 fully saturated rings. The van der Waals surface area contributed by atoms with E-state index in [1.807, 2.05) is 0 Å². The lowest BCUT2D eigenvalue weighted by molar-refractivity contribution is 0.0982. The molecule has 3 aromatic carbocycles. The fourth-order valence-electron chi connectivity index (χ4n) is 3.51. The highest BCUT2D eigenvalue weighted by Gasteiger charge is 2.23. The monoisotopic (exact) mass is 436 g/mol. The Morgan fingerprint density at radius 3 is 2.61 bits per heavy atom. The van der Waals surface area contributed by atoms with Gasteiger partial charge in [-0.3, -0.25) is 9.59 Å². The average Bonchev–Trinajstić information content (AvgIpc) is 2.77. The van der Waals surface area contributed by atoms with Gasteiger partial charge in [-0.05, 0) is 42.0 Å². The standard InChI is InChI=1S/C24H18ClFN2O3/c1-31-21-11-3-2-8-19(21)24(30)28(17-7-4-6-16(25)13-17)14-15-12-22(29)27-23-18(15)9-5-10-20(23)26/h2-13H,14H2,1H3,(H,27,29). The maximum absolute atomic E-state index is 14.3. The van der Waals surface area contributed by atoms with Crippen LogP contribution in [-0.4, -0.2) is 18.0 Å². The van der Waals surface area contributed by atoms with Gasteiger partial charge < -0.3 is 14.6 Å². The van der Waals surface area contributed by atoms with Crippen molar-refractivity contribution in [1.29, 1.82) is 0 Å². The number of nitrogens with zero attached hydrogens (tertiary/aromatic N) is 1. The lowest BCUT2D eigenvalue weighted by Gasteiger charge is -2.25. The van der Waals surface area contributed by atoms with Crippen molar-refractivity contribution in [3.05, 3.63) is 105 Å². The SMILES string of the molecule is COc1ccccc1C(=O)N(Cc1cc(=O)[nH]c2c(F)cccc12)c1cccc(Cl)c1. The number of hydrogen-bond donors (Lipinski definition) is 1. The van der Waals surface area contributed by atoms with Gasteiger partial charge in [0.05, 0.1) is 24.7 Å². The van der Waals surface area contributed by atoms with Crippen LogP contribution in [0.25, 0.3) is 10.9 Å². The van der Waals surface area contributed by atoms with Crippen molar-refractivity contribution in [3.8, 4) is 5.75 Å². The number of H-pyrrole nitrogens is 1. The number of carbonyl (C=O) groups excluding carboxylic acids is 1. The fraction of sp³-hybridized carbons (Fsp3) is 0.0833. The van der Waals surface area contributed by atoms with Crippen molar-refractivity contribution in [2.24, 2.45) is 0 Å². The number of nitrogens with one attached hydrogen (secondary N) is 1. The van der Waals surface area contributed by atoms with Crippen LogP contribution in [0.5, 0.6) is 5.75 Å². The minimum absolute atomic E-state index is 0.0289. The quantitative estimate of drug-likeness (QED) is 0.469. The number of rotatable bonds is 5. The number of ether oxygens (including phenoxy) is 1. The summed E-state index contributed by atoms with van der Waals surface area (Å²) in [6.45, 7) is 0.0289. The Hall–Kier alpha value is -3.64. The molecule has 0 bridgehead atoms. The number of hydrogen-bond acceptors (Lipinski definition) is 3. The van der Waals surface area contributed by atoms with Gasteiger partial charge in [0.15, 0.2) is 0 Å². The molecule has 7 heteroatoms. The highest BCUT2D eigenvalue weighted by Crippen LogP contribution is 2.28. The molecule has 0 spiro atoms. The van der Waals surface area contributed by atoms with Crippen LogP contribution < -0.4 is 15.2 Å². The zero-order chi connectivity index (χ0) is 22.0. The number of amides is 1. The zero-order valence-corrected chi connectivity index (χ0v) is 17.3. The number of benzene rings is 3. The molecular formula is C24H18ClFN2O3. The molecule has 5 nitrogen and oxygen atoms in total. The third kappa shape index (κ3) is 4.15. The first-order valence-electron chi connectivity index (χ1n) is 9.49. The fourth-order valence-corrected chi connectivity index (χ4v) is 3.69. The Balaban J connectivity index is 1.87. The van der Waals surface area contributed by atoms with E-state index in [4.69, 9.17) is 16.3 Å². The summed E-state index contributed by atoms with van der Waals surface area (Å²) in [5.74, 6) is -0.465. The van der Waals surface area contributed by atoms with Crippen molar-refractivity contribution >= 4 is 34.1 Å². The van der Waals surface area contributed by atoms with Gasteiger partial charge in [-0.15, -0.1) is 0 Å². The van der Waals surface area contributed by atoms with Crippen LogP contribution in [0.2, 0.25) is 5.02 Å². The largest absolute Gasteiger partial charge is 0.496 e. The van der Waals surface area contributed by atoms with E-state index < -0.39 is 11.4 Å². The number of aromatic nitrogens is 1. The summed E-state index contributed by atoms with van der Waals surface area (Å²) in [4.78, 5) is 29.8. The molecule has 1 heterocycles. The lowest BCUT2D eigenvalue weighted by Crippen LogP contribution is -2.31. The summed E-state index contributed by atoms with van der Waals surface area (Å²) in [6, 6.07) is 19.6. The van der Waals surface area contributed by atoms with Crippen molar-refractivity contribution in [3.63, 3.8) is 0 Å². The first-order valence-corrected chi connectivity index (χ1v) is 9.86. The maximum atomic E-state index is 14.3. The van der Waals surface area contributed by atoms with Crippen molar-refractivity contribution in [2.75, 3.05) is 12.0 Å². The number of para-hydroxylation sites is 2. The number of methoxy groups -OCH3 is 1. The van der Waals surface area contributed by atoms with E-state index in [0.717, 1.165) is 0 Å². The number of aromatic amines is 1. The smallest absolute Gasteiger partial charge is 0.262 e. The number of halogens is 2. The third-order valence-corrected chi connectivity index (χ3v) is 5.18. The molecule has 4 rings (SSSR count). The summed E-state index contributed by atoms with van der Waals surface area (Å²) in [7, 11) is 1.49. The predicted molar refractivity (Wildman–Crippen MR) is 119 cm³/mol. The minimum atomic E-state index is -0.540. The van der Waals surface area contributed by atoms with Gasteiger partial charge in [-0.25, -0.2) is 4.39 Å². The van der Waals surface area contributed by atoms with Crippen LogP contribution in [0.3, 0.4) is 0 Å². The zero-order valence-electron chi connectivity index (χ0n) is 16.6. The molecule has 1 N–H and O–H groups in total. The molecule has 0 aliphatic carbocycles. The van der Waals surface area contributed by atoms with Crippen LogP contribution in [0.1, 0.15) is 15.9 Å². The lowest BCUT2D eigenvalue weighted by atomic mass is 10.1. The van der Waals surface area contributed by atoms with Crippen LogP contribution >= 0.6 is 11.6 Å². The summed E-state index contributed by atoms with van der Waals surface area (Å²) in [5.41, 5.74) is 1.03. The second-order valence-corrected chi connectivity index (χ2v) is 7.33. The van der Waals surface area contributed by atoms with Gasteiger partial charge in [-0.1, -0.05) is 41.9 Å². The molecule has 0 saturated carbocycles. The molecule has 1 amide bonds. The Kier molecular flexibility index (Phi) is 5.73. The molecule has 156 valence electrons. The number of carbonyl (C=O) groups is 1. The van der Waals surface area contributed by atoms with E-state index in [-0.39, 0.29) is 18.0 Å². The van der Waals surface area contributed by atoms with Crippen LogP contribution in [-0.2, 0) is 6.54 Å². The van der Waals surface area contributed by atoms with E-state index in [1.54, 1.807) is 60.7 Å². The van der Waals surface area contributed by atoms with Gasteiger partial charge in [0.1, 0.15) is 11.6 Å². The molecule has 0 atom stereocenters. The van der Waals surface area contributed by atoms with E-state index in [9.17, 15) is 14.0 Å². The summed E-state index contributed by atoms with van der Waals surface area (Å²) in [5, 5.41) is 0.969. The topological polar surface area (TPSA) is 62.4 Å². The number of anilines is 1. The van der Waals surface area contributed by atoms with Gasteiger partial charge in [0, 0.05) is 22.2 Å². The van der Waals surface area contributed by atoms with E-state index in [1.165, 1.54) is 24.1 Å². The van der Waals surface area contributed by atoms with E-state index >= 15 is 0 Å². The molecule has 31 heavy (non-hydrogen) atoms. The molecule has 1 aromatic heterocycles. The molecule has 0 radical (unpaired) electrons. The molecule has 0 unspecified atom stereocenters. The highest BCUT2D eigenvalue weighted by atomic mass is 35.5. The Morgan fingerprint density at radius 1 is 1.06 bits per heavy atom. The second-order valence-electron chi connectivity index (χ2n) is 6.89. The van der Waals surface area contributed by atoms with Crippen molar-refractivity contribution in [1.82, 2.24) is 4.98 Å². The molecule has 0 aliphatic heterocycles. The third-order valence-electron chi connectivity index (χ3n) is 4.94. The predicted octanol–water partition coefficient (Wildman–Crippen LogP) is 5.18. The summed E-state index contributed by atoms with van der Waals surface area (Å²) < 4.78 is 19.7. The molecule has 0 aliphatic rings. The van der Waals surface area contributed by atoms with E-state index in [0.29, 0.717) is 33.0 Å². The van der Waals surface area contributed by atoms with Crippen molar-refractivity contribution < 1.29 is 13.9 Å². The van der Waals surface area contributed by atoms with Crippen molar-refractivity contribution in [2.45, 2.75) is 6.54 Å². The maximum Gasteiger partial charge on any atom is 0.262 e.